The van der Waals surface area contributed by atoms with E-state index in [0.29, 0.717) is 6.54 Å². The highest BCUT2D eigenvalue weighted by molar-refractivity contribution is 7.90. The highest BCUT2D eigenvalue weighted by Gasteiger charge is 2.31. The molecule has 1 saturated carbocycles. The number of likely N-dealkylation sites (tertiary alicyclic amines) is 1. The molecule has 1 aliphatic carbocycles. The fourth-order valence-corrected chi connectivity index (χ4v) is 5.56. The second-order valence-electron chi connectivity index (χ2n) is 7.44. The summed E-state index contributed by atoms with van der Waals surface area (Å²) < 4.78 is 28.1. The molecule has 2 aliphatic rings. The van der Waals surface area contributed by atoms with Gasteiger partial charge in [-0.3, -0.25) is 4.90 Å². The lowest BCUT2D eigenvalue weighted by Gasteiger charge is -2.37. The topological polar surface area (TPSA) is 49.4 Å². The van der Waals surface area contributed by atoms with Gasteiger partial charge >= 0.3 is 0 Å². The maximum Gasteiger partial charge on any atom is 0.214 e. The molecule has 1 saturated heterocycles. The minimum Gasteiger partial charge on any atom is -0.295 e. The number of benzene rings is 1. The van der Waals surface area contributed by atoms with Crippen LogP contribution in [0, 0.1) is 5.92 Å². The number of rotatable bonds is 6. The average molecular weight is 351 g/mol. The van der Waals surface area contributed by atoms with Gasteiger partial charge in [-0.05, 0) is 50.3 Å². The van der Waals surface area contributed by atoms with Gasteiger partial charge in [-0.1, -0.05) is 50.1 Å². The number of hydrogen-bond donors (Lipinski definition) is 1. The van der Waals surface area contributed by atoms with Crippen molar-refractivity contribution in [1.29, 1.82) is 0 Å². The highest BCUT2D eigenvalue weighted by Crippen LogP contribution is 2.28. The molecule has 0 radical (unpaired) electrons. The maximum atomic E-state index is 12.6. The van der Waals surface area contributed by atoms with E-state index in [-0.39, 0.29) is 11.3 Å². The third kappa shape index (κ3) is 4.38. The third-order valence-corrected chi connectivity index (χ3v) is 7.58. The van der Waals surface area contributed by atoms with Crippen LogP contribution in [0.4, 0.5) is 0 Å². The van der Waals surface area contributed by atoms with E-state index in [4.69, 9.17) is 0 Å². The summed E-state index contributed by atoms with van der Waals surface area (Å²) in [5.41, 5.74) is 1.21. The molecule has 1 N–H and O–H groups in total. The minimum atomic E-state index is -3.19. The van der Waals surface area contributed by atoms with E-state index in [1.165, 1.54) is 18.4 Å². The van der Waals surface area contributed by atoms with Gasteiger partial charge in [-0.2, -0.15) is 0 Å². The van der Waals surface area contributed by atoms with Crippen LogP contribution in [0.2, 0.25) is 0 Å². The van der Waals surface area contributed by atoms with Crippen molar-refractivity contribution >= 4 is 10.0 Å². The minimum absolute atomic E-state index is 0.134. The zero-order chi connectivity index (χ0) is 17.0. The third-order valence-electron chi connectivity index (χ3n) is 5.66. The second-order valence-corrected chi connectivity index (χ2v) is 9.49. The van der Waals surface area contributed by atoms with Gasteiger partial charge < -0.3 is 0 Å². The van der Waals surface area contributed by atoms with E-state index in [0.717, 1.165) is 44.7 Å². The van der Waals surface area contributed by atoms with E-state index < -0.39 is 10.0 Å². The molecule has 0 aromatic heterocycles. The molecule has 1 aromatic carbocycles. The van der Waals surface area contributed by atoms with Gasteiger partial charge in [-0.25, -0.2) is 13.1 Å². The first-order chi connectivity index (χ1) is 11.6. The van der Waals surface area contributed by atoms with Crippen molar-refractivity contribution in [2.45, 2.75) is 56.7 Å². The molecule has 134 valence electrons. The molecule has 1 unspecified atom stereocenters. The fraction of sp³-hybridized carbons (Fsp3) is 0.684. The highest BCUT2D eigenvalue weighted by atomic mass is 32.2. The largest absolute Gasteiger partial charge is 0.295 e. The molecule has 3 rings (SSSR count). The van der Waals surface area contributed by atoms with Gasteiger partial charge in [0, 0.05) is 12.6 Å². The molecule has 0 bridgehead atoms. The average Bonchev–Trinajstić information content (AvgIpc) is 3.13. The van der Waals surface area contributed by atoms with Gasteiger partial charge in [0.25, 0.3) is 0 Å². The van der Waals surface area contributed by atoms with E-state index in [9.17, 15) is 8.42 Å². The van der Waals surface area contributed by atoms with Crippen LogP contribution < -0.4 is 4.72 Å². The van der Waals surface area contributed by atoms with Gasteiger partial charge in [0.1, 0.15) is 0 Å². The van der Waals surface area contributed by atoms with Crippen LogP contribution in [0.25, 0.3) is 0 Å². The molecule has 1 aromatic rings. The Hall–Kier alpha value is -0.910. The summed E-state index contributed by atoms with van der Waals surface area (Å²) in [6, 6.07) is 10.5. The second kappa shape index (κ2) is 7.98. The van der Waals surface area contributed by atoms with Crippen LogP contribution in [0.5, 0.6) is 0 Å². The Balaban J connectivity index is 1.70. The summed E-state index contributed by atoms with van der Waals surface area (Å²) in [5, 5.41) is -0.185. The lowest BCUT2D eigenvalue weighted by atomic mass is 9.96. The quantitative estimate of drug-likeness (QED) is 0.856. The molecule has 1 atom stereocenters. The van der Waals surface area contributed by atoms with Crippen LogP contribution in [0.15, 0.2) is 30.3 Å². The van der Waals surface area contributed by atoms with Crippen molar-refractivity contribution in [2.75, 3.05) is 19.6 Å². The first-order valence-corrected chi connectivity index (χ1v) is 10.9. The molecule has 0 amide bonds. The van der Waals surface area contributed by atoms with E-state index in [1.54, 1.807) is 0 Å². The summed E-state index contributed by atoms with van der Waals surface area (Å²) >= 11 is 0. The summed E-state index contributed by atoms with van der Waals surface area (Å²) in [6.45, 7) is 4.88. The fourth-order valence-electron chi connectivity index (χ4n) is 3.98. The van der Waals surface area contributed by atoms with Gasteiger partial charge in [0.15, 0.2) is 0 Å². The Morgan fingerprint density at radius 3 is 2.33 bits per heavy atom. The molecule has 0 spiro atoms. The summed E-state index contributed by atoms with van der Waals surface area (Å²) in [5.74, 6) is 0.771. The Kier molecular flexibility index (Phi) is 5.95. The lowest BCUT2D eigenvalue weighted by Crippen LogP contribution is -2.43. The molecular weight excluding hydrogens is 320 g/mol. The van der Waals surface area contributed by atoms with E-state index >= 15 is 0 Å². The van der Waals surface area contributed by atoms with Crippen LogP contribution in [0.3, 0.4) is 0 Å². The zero-order valence-electron chi connectivity index (χ0n) is 14.7. The Bertz CT molecular complexity index is 604. The first-order valence-electron chi connectivity index (χ1n) is 9.34. The summed E-state index contributed by atoms with van der Waals surface area (Å²) in [6.07, 6.45) is 6.09. The SMILES string of the molecule is CC1CCN(C(CNS(=O)(=O)C2CCCC2)c2ccccc2)CC1. The molecule has 2 fully saturated rings. The Labute approximate surface area is 146 Å². The molecule has 4 nitrogen and oxygen atoms in total. The maximum absolute atomic E-state index is 12.6. The van der Waals surface area contributed by atoms with Crippen LogP contribution >= 0.6 is 0 Å². The van der Waals surface area contributed by atoms with Crippen molar-refractivity contribution in [3.05, 3.63) is 35.9 Å². The van der Waals surface area contributed by atoms with Gasteiger partial charge in [0.05, 0.1) is 5.25 Å². The van der Waals surface area contributed by atoms with Crippen LogP contribution in [-0.2, 0) is 10.0 Å². The van der Waals surface area contributed by atoms with Crippen molar-refractivity contribution in [3.8, 4) is 0 Å². The Morgan fingerprint density at radius 1 is 1.08 bits per heavy atom. The predicted molar refractivity (Wildman–Crippen MR) is 98.3 cm³/mol. The monoisotopic (exact) mass is 350 g/mol. The van der Waals surface area contributed by atoms with Crippen molar-refractivity contribution in [2.24, 2.45) is 5.92 Å². The smallest absolute Gasteiger partial charge is 0.214 e. The predicted octanol–water partition coefficient (Wildman–Crippen LogP) is 3.32. The number of piperidine rings is 1. The number of nitrogens with one attached hydrogen (secondary N) is 1. The molecule has 1 heterocycles. The number of nitrogens with zero attached hydrogens (tertiary/aromatic N) is 1. The van der Waals surface area contributed by atoms with Gasteiger partial charge in [0.2, 0.25) is 10.0 Å². The normalized spacial score (nSPS) is 22.7. The summed E-state index contributed by atoms with van der Waals surface area (Å²) in [7, 11) is -3.19. The van der Waals surface area contributed by atoms with Crippen molar-refractivity contribution < 1.29 is 8.42 Å². The number of sulfonamides is 1. The molecule has 1 aliphatic heterocycles. The summed E-state index contributed by atoms with van der Waals surface area (Å²) in [4.78, 5) is 2.45. The zero-order valence-corrected chi connectivity index (χ0v) is 15.5. The first kappa shape index (κ1) is 17.9. The van der Waals surface area contributed by atoms with Crippen molar-refractivity contribution in [1.82, 2.24) is 9.62 Å². The molecule has 5 heteroatoms. The van der Waals surface area contributed by atoms with E-state index in [1.807, 2.05) is 18.2 Å². The van der Waals surface area contributed by atoms with Crippen LogP contribution in [-0.4, -0.2) is 38.2 Å². The lowest BCUT2D eigenvalue weighted by molar-refractivity contribution is 0.139. The standard InChI is InChI=1S/C19H30N2O2S/c1-16-11-13-21(14-12-16)19(17-7-3-2-4-8-17)15-20-24(22,23)18-9-5-6-10-18/h2-4,7-8,16,18-20H,5-6,9-15H2,1H3. The number of hydrogen-bond acceptors (Lipinski definition) is 3. The van der Waals surface area contributed by atoms with Crippen LogP contribution in [0.1, 0.15) is 57.1 Å². The van der Waals surface area contributed by atoms with E-state index in [2.05, 4.69) is 28.7 Å². The van der Waals surface area contributed by atoms with Gasteiger partial charge in [-0.15, -0.1) is 0 Å². The molecular formula is C19H30N2O2S. The van der Waals surface area contributed by atoms with Crippen molar-refractivity contribution in [3.63, 3.8) is 0 Å². The Morgan fingerprint density at radius 2 is 1.71 bits per heavy atom. The molecule has 24 heavy (non-hydrogen) atoms.